The second-order valence-corrected chi connectivity index (χ2v) is 4.21. The lowest BCUT2D eigenvalue weighted by molar-refractivity contribution is 0.383. The molecular formula is C14H24N2O2. The van der Waals surface area contributed by atoms with Gasteiger partial charge < -0.3 is 20.1 Å². The third-order valence-corrected chi connectivity index (χ3v) is 3.07. The first-order chi connectivity index (χ1) is 8.67. The molecule has 18 heavy (non-hydrogen) atoms. The van der Waals surface area contributed by atoms with Crippen molar-refractivity contribution < 1.29 is 9.47 Å². The molecule has 0 bridgehead atoms. The lowest BCUT2D eigenvalue weighted by atomic mass is 9.99. The van der Waals surface area contributed by atoms with Crippen molar-refractivity contribution in [2.75, 3.05) is 34.4 Å². The smallest absolute Gasteiger partial charge is 0.127 e. The fourth-order valence-electron chi connectivity index (χ4n) is 2.10. The predicted molar refractivity (Wildman–Crippen MR) is 74.6 cm³/mol. The Morgan fingerprint density at radius 1 is 1.22 bits per heavy atom. The molecule has 0 saturated carbocycles. The summed E-state index contributed by atoms with van der Waals surface area (Å²) in [6, 6.07) is 4.19. The van der Waals surface area contributed by atoms with Gasteiger partial charge in [0.2, 0.25) is 0 Å². The summed E-state index contributed by atoms with van der Waals surface area (Å²) in [7, 11) is 5.32. The summed E-state index contributed by atoms with van der Waals surface area (Å²) in [5.41, 5.74) is 2.35. The van der Waals surface area contributed by atoms with E-state index in [9.17, 15) is 0 Å². The fourth-order valence-corrected chi connectivity index (χ4v) is 2.10. The van der Waals surface area contributed by atoms with E-state index in [0.717, 1.165) is 24.6 Å². The number of hydrogen-bond acceptors (Lipinski definition) is 4. The van der Waals surface area contributed by atoms with Crippen LogP contribution in [-0.2, 0) is 0 Å². The molecule has 102 valence electrons. The van der Waals surface area contributed by atoms with Crippen LogP contribution >= 0.6 is 0 Å². The van der Waals surface area contributed by atoms with Crippen LogP contribution in [0, 0.1) is 6.92 Å². The second-order valence-electron chi connectivity index (χ2n) is 4.21. The maximum absolute atomic E-state index is 5.48. The molecule has 4 nitrogen and oxygen atoms in total. The average Bonchev–Trinajstić information content (AvgIpc) is 2.40. The molecule has 0 spiro atoms. The minimum absolute atomic E-state index is 0.228. The first kappa shape index (κ1) is 14.8. The van der Waals surface area contributed by atoms with Crippen molar-refractivity contribution in [1.29, 1.82) is 0 Å². The molecule has 1 atom stereocenters. The maximum Gasteiger partial charge on any atom is 0.127 e. The molecule has 1 unspecified atom stereocenters. The van der Waals surface area contributed by atoms with Crippen LogP contribution < -0.4 is 20.1 Å². The molecule has 0 aliphatic carbocycles. The van der Waals surface area contributed by atoms with E-state index in [0.29, 0.717) is 0 Å². The fraction of sp³-hybridized carbons (Fsp3) is 0.571. The van der Waals surface area contributed by atoms with Crippen LogP contribution in [0.3, 0.4) is 0 Å². The van der Waals surface area contributed by atoms with Crippen molar-refractivity contribution in [3.05, 3.63) is 23.3 Å². The van der Waals surface area contributed by atoms with Crippen molar-refractivity contribution >= 4 is 0 Å². The summed E-state index contributed by atoms with van der Waals surface area (Å²) in [6.45, 7) is 6.01. The van der Waals surface area contributed by atoms with Crippen LogP contribution in [0.1, 0.15) is 24.1 Å². The highest BCUT2D eigenvalue weighted by atomic mass is 16.5. The number of benzene rings is 1. The minimum Gasteiger partial charge on any atom is -0.497 e. The Morgan fingerprint density at radius 3 is 2.44 bits per heavy atom. The summed E-state index contributed by atoms with van der Waals surface area (Å²) in [4.78, 5) is 0. The average molecular weight is 252 g/mol. The van der Waals surface area contributed by atoms with Gasteiger partial charge in [0, 0.05) is 24.2 Å². The van der Waals surface area contributed by atoms with Gasteiger partial charge in [-0.25, -0.2) is 0 Å². The van der Waals surface area contributed by atoms with Crippen molar-refractivity contribution in [1.82, 2.24) is 10.6 Å². The molecule has 0 aliphatic heterocycles. The zero-order valence-corrected chi connectivity index (χ0v) is 12.0. The van der Waals surface area contributed by atoms with Crippen molar-refractivity contribution in [3.63, 3.8) is 0 Å². The minimum atomic E-state index is 0.228. The van der Waals surface area contributed by atoms with E-state index in [1.54, 1.807) is 14.2 Å². The molecule has 0 heterocycles. The highest BCUT2D eigenvalue weighted by Gasteiger charge is 2.17. The number of rotatable bonds is 7. The van der Waals surface area contributed by atoms with Crippen LogP contribution in [0.15, 0.2) is 12.1 Å². The Hall–Kier alpha value is -1.26. The Morgan fingerprint density at radius 2 is 1.94 bits per heavy atom. The van der Waals surface area contributed by atoms with Gasteiger partial charge in [-0.15, -0.1) is 0 Å². The van der Waals surface area contributed by atoms with E-state index < -0.39 is 0 Å². The number of aryl methyl sites for hydroxylation is 1. The third kappa shape index (κ3) is 3.37. The topological polar surface area (TPSA) is 42.5 Å². The summed E-state index contributed by atoms with van der Waals surface area (Å²) in [6.07, 6.45) is 0. The van der Waals surface area contributed by atoms with Gasteiger partial charge in [0.15, 0.2) is 0 Å². The van der Waals surface area contributed by atoms with E-state index >= 15 is 0 Å². The molecule has 0 radical (unpaired) electrons. The van der Waals surface area contributed by atoms with Crippen LogP contribution in [0.4, 0.5) is 0 Å². The van der Waals surface area contributed by atoms with Crippen LogP contribution in [0.25, 0.3) is 0 Å². The van der Waals surface area contributed by atoms with Crippen molar-refractivity contribution in [2.45, 2.75) is 19.9 Å². The Kier molecular flexibility index (Phi) is 5.95. The summed E-state index contributed by atoms with van der Waals surface area (Å²) < 4.78 is 10.8. The molecule has 1 aromatic rings. The molecule has 0 aliphatic rings. The lowest BCUT2D eigenvalue weighted by Crippen LogP contribution is -2.30. The molecule has 0 amide bonds. The lowest BCUT2D eigenvalue weighted by Gasteiger charge is -2.22. The molecule has 0 fully saturated rings. The zero-order valence-electron chi connectivity index (χ0n) is 12.0. The monoisotopic (exact) mass is 252 g/mol. The predicted octanol–water partition coefficient (Wildman–Crippen LogP) is 1.88. The standard InChI is InChI=1S/C14H24N2O2/c1-6-16-9-12(15-3)14-10(2)7-11(17-4)8-13(14)18-5/h7-8,12,15-16H,6,9H2,1-5H3. The van der Waals surface area contributed by atoms with E-state index in [1.165, 1.54) is 11.1 Å². The Bertz CT molecular complexity index is 380. The molecule has 0 saturated heterocycles. The highest BCUT2D eigenvalue weighted by molar-refractivity contribution is 5.48. The van der Waals surface area contributed by atoms with Gasteiger partial charge in [0.1, 0.15) is 11.5 Å². The van der Waals surface area contributed by atoms with Crippen LogP contribution in [0.2, 0.25) is 0 Å². The number of hydrogen-bond donors (Lipinski definition) is 2. The first-order valence-corrected chi connectivity index (χ1v) is 6.28. The summed E-state index contributed by atoms with van der Waals surface area (Å²) in [5, 5.41) is 6.68. The largest absolute Gasteiger partial charge is 0.497 e. The molecular weight excluding hydrogens is 228 g/mol. The Labute approximate surface area is 110 Å². The van der Waals surface area contributed by atoms with E-state index in [-0.39, 0.29) is 6.04 Å². The van der Waals surface area contributed by atoms with Gasteiger partial charge in [-0.3, -0.25) is 0 Å². The van der Waals surface area contributed by atoms with E-state index in [1.807, 2.05) is 19.2 Å². The Balaban J connectivity index is 3.11. The van der Waals surface area contributed by atoms with Crippen LogP contribution in [0.5, 0.6) is 11.5 Å². The molecule has 1 aromatic carbocycles. The van der Waals surface area contributed by atoms with Crippen molar-refractivity contribution in [2.24, 2.45) is 0 Å². The maximum atomic E-state index is 5.48. The molecule has 0 aromatic heterocycles. The van der Waals surface area contributed by atoms with E-state index in [2.05, 4.69) is 24.5 Å². The quantitative estimate of drug-likeness (QED) is 0.777. The van der Waals surface area contributed by atoms with Gasteiger partial charge in [0.25, 0.3) is 0 Å². The van der Waals surface area contributed by atoms with Crippen LogP contribution in [-0.4, -0.2) is 34.4 Å². The van der Waals surface area contributed by atoms with Gasteiger partial charge in [0.05, 0.1) is 14.2 Å². The summed E-state index contributed by atoms with van der Waals surface area (Å²) >= 11 is 0. The van der Waals surface area contributed by atoms with Gasteiger partial charge in [-0.05, 0) is 32.1 Å². The first-order valence-electron chi connectivity index (χ1n) is 6.28. The van der Waals surface area contributed by atoms with E-state index in [4.69, 9.17) is 9.47 Å². The number of likely N-dealkylation sites (N-methyl/N-ethyl adjacent to an activating group) is 2. The molecule has 1 rings (SSSR count). The number of nitrogens with one attached hydrogen (secondary N) is 2. The van der Waals surface area contributed by atoms with Gasteiger partial charge in [-0.2, -0.15) is 0 Å². The normalized spacial score (nSPS) is 12.3. The van der Waals surface area contributed by atoms with Gasteiger partial charge >= 0.3 is 0 Å². The molecule has 2 N–H and O–H groups in total. The highest BCUT2D eigenvalue weighted by Crippen LogP contribution is 2.32. The number of methoxy groups -OCH3 is 2. The molecule has 4 heteroatoms. The van der Waals surface area contributed by atoms with Crippen molar-refractivity contribution in [3.8, 4) is 11.5 Å². The number of ether oxygens (including phenoxy) is 2. The summed E-state index contributed by atoms with van der Waals surface area (Å²) in [5.74, 6) is 1.69. The SMILES string of the molecule is CCNCC(NC)c1c(C)cc(OC)cc1OC. The second kappa shape index (κ2) is 7.24. The zero-order chi connectivity index (χ0) is 13.5. The van der Waals surface area contributed by atoms with Gasteiger partial charge in [-0.1, -0.05) is 6.92 Å². The third-order valence-electron chi connectivity index (χ3n) is 3.07.